The van der Waals surface area contributed by atoms with Gasteiger partial charge in [-0.05, 0) is 45.9 Å². The molecular formula is C14H21BFNO3. The first-order valence-electron chi connectivity index (χ1n) is 6.62. The molecule has 1 aliphatic rings. The van der Waals surface area contributed by atoms with Crippen LogP contribution in [-0.2, 0) is 9.31 Å². The van der Waals surface area contributed by atoms with Crippen molar-refractivity contribution in [3.63, 3.8) is 0 Å². The number of hydrogen-bond acceptors (Lipinski definition) is 4. The van der Waals surface area contributed by atoms with Crippen molar-refractivity contribution in [2.45, 2.75) is 44.8 Å². The Morgan fingerprint density at radius 2 is 1.75 bits per heavy atom. The predicted octanol–water partition coefficient (Wildman–Crippen LogP) is 2.47. The van der Waals surface area contributed by atoms with Gasteiger partial charge in [0, 0.05) is 5.56 Å². The monoisotopic (exact) mass is 281 g/mol. The number of rotatable bonds is 3. The molecule has 1 fully saturated rings. The van der Waals surface area contributed by atoms with Gasteiger partial charge in [-0.1, -0.05) is 0 Å². The topological polar surface area (TPSA) is 53.7 Å². The largest absolute Gasteiger partial charge is 0.497 e. The van der Waals surface area contributed by atoms with Crippen molar-refractivity contribution in [2.24, 2.45) is 5.73 Å². The highest BCUT2D eigenvalue weighted by Gasteiger charge is 2.53. The van der Waals surface area contributed by atoms with Crippen molar-refractivity contribution in [3.05, 3.63) is 29.6 Å². The molecule has 1 aliphatic heterocycles. The predicted molar refractivity (Wildman–Crippen MR) is 76.0 cm³/mol. The van der Waals surface area contributed by atoms with Crippen LogP contribution in [0.25, 0.3) is 0 Å². The maximum absolute atomic E-state index is 13.9. The van der Waals surface area contributed by atoms with Crippen molar-refractivity contribution in [3.8, 4) is 5.75 Å². The highest BCUT2D eigenvalue weighted by Crippen LogP contribution is 2.40. The van der Waals surface area contributed by atoms with E-state index in [1.807, 2.05) is 27.7 Å². The van der Waals surface area contributed by atoms with E-state index < -0.39 is 30.1 Å². The van der Waals surface area contributed by atoms with Gasteiger partial charge in [0.1, 0.15) is 11.6 Å². The first-order chi connectivity index (χ1) is 9.18. The summed E-state index contributed by atoms with van der Waals surface area (Å²) in [5, 5.41) is 0. The fraction of sp³-hybridized carbons (Fsp3) is 0.571. The van der Waals surface area contributed by atoms with Gasteiger partial charge in [-0.3, -0.25) is 0 Å². The molecule has 0 amide bonds. The van der Waals surface area contributed by atoms with Gasteiger partial charge in [-0.2, -0.15) is 0 Å². The highest BCUT2D eigenvalue weighted by molar-refractivity contribution is 6.47. The molecule has 1 saturated heterocycles. The lowest BCUT2D eigenvalue weighted by Gasteiger charge is -2.32. The second-order valence-corrected chi connectivity index (χ2v) is 6.04. The van der Waals surface area contributed by atoms with Crippen LogP contribution in [0.4, 0.5) is 4.39 Å². The molecule has 20 heavy (non-hydrogen) atoms. The summed E-state index contributed by atoms with van der Waals surface area (Å²) in [5.74, 6) is -0.562. The zero-order valence-corrected chi connectivity index (χ0v) is 12.6. The van der Waals surface area contributed by atoms with Crippen molar-refractivity contribution in [1.29, 1.82) is 0 Å². The molecule has 4 nitrogen and oxygen atoms in total. The first kappa shape index (κ1) is 15.3. The Morgan fingerprint density at radius 1 is 1.20 bits per heavy atom. The normalized spacial score (nSPS) is 21.9. The van der Waals surface area contributed by atoms with Gasteiger partial charge in [-0.15, -0.1) is 0 Å². The second-order valence-electron chi connectivity index (χ2n) is 6.04. The van der Waals surface area contributed by atoms with Crippen molar-refractivity contribution in [2.75, 3.05) is 7.11 Å². The van der Waals surface area contributed by atoms with Crippen LogP contribution in [0.15, 0.2) is 18.2 Å². The Bertz CT molecular complexity index is 491. The Morgan fingerprint density at radius 3 is 2.25 bits per heavy atom. The Balaban J connectivity index is 2.27. The van der Waals surface area contributed by atoms with Gasteiger partial charge >= 0.3 is 7.12 Å². The summed E-state index contributed by atoms with van der Waals surface area (Å²) in [4.78, 5) is 0. The molecule has 0 bridgehead atoms. The zero-order valence-electron chi connectivity index (χ0n) is 12.6. The van der Waals surface area contributed by atoms with E-state index in [4.69, 9.17) is 19.8 Å². The number of halogens is 1. The van der Waals surface area contributed by atoms with E-state index >= 15 is 0 Å². The van der Waals surface area contributed by atoms with Crippen LogP contribution in [0.5, 0.6) is 5.75 Å². The lowest BCUT2D eigenvalue weighted by molar-refractivity contribution is 0.00578. The Kier molecular flexibility index (Phi) is 3.84. The number of ether oxygens (including phenoxy) is 1. The molecule has 1 atom stereocenters. The minimum absolute atomic E-state index is 0.322. The zero-order chi connectivity index (χ0) is 15.1. The fourth-order valence-electron chi connectivity index (χ4n) is 2.09. The molecular weight excluding hydrogens is 260 g/mol. The second kappa shape index (κ2) is 5.02. The number of hydrogen-bond donors (Lipinski definition) is 1. The molecule has 0 aliphatic carbocycles. The fourth-order valence-corrected chi connectivity index (χ4v) is 2.09. The van der Waals surface area contributed by atoms with Gasteiger partial charge in [0.2, 0.25) is 0 Å². The van der Waals surface area contributed by atoms with Crippen LogP contribution < -0.4 is 10.5 Å². The molecule has 0 spiro atoms. The molecule has 110 valence electrons. The summed E-state index contributed by atoms with van der Waals surface area (Å²) in [6, 6.07) is 4.46. The van der Waals surface area contributed by atoms with Crippen LogP contribution in [0.1, 0.15) is 39.2 Å². The van der Waals surface area contributed by atoms with Crippen LogP contribution in [0.3, 0.4) is 0 Å². The van der Waals surface area contributed by atoms with Gasteiger partial charge in [0.25, 0.3) is 0 Å². The van der Waals surface area contributed by atoms with E-state index in [-0.39, 0.29) is 0 Å². The van der Waals surface area contributed by atoms with E-state index in [2.05, 4.69) is 0 Å². The van der Waals surface area contributed by atoms with Crippen LogP contribution in [0, 0.1) is 5.82 Å². The molecule has 2 N–H and O–H groups in total. The highest BCUT2D eigenvalue weighted by atomic mass is 19.1. The van der Waals surface area contributed by atoms with Crippen molar-refractivity contribution >= 4 is 7.12 Å². The van der Waals surface area contributed by atoms with Crippen molar-refractivity contribution < 1.29 is 18.4 Å². The van der Waals surface area contributed by atoms with E-state index in [0.717, 1.165) is 0 Å². The van der Waals surface area contributed by atoms with Gasteiger partial charge in [0.05, 0.1) is 24.3 Å². The molecule has 0 radical (unpaired) electrons. The average Bonchev–Trinajstić information content (AvgIpc) is 2.58. The Hall–Kier alpha value is -1.11. The summed E-state index contributed by atoms with van der Waals surface area (Å²) >= 11 is 0. The smallest absolute Gasteiger partial charge is 0.480 e. The lowest BCUT2D eigenvalue weighted by atomic mass is 9.74. The summed E-state index contributed by atoms with van der Waals surface area (Å²) in [6.07, 6.45) is 0. The quantitative estimate of drug-likeness (QED) is 0.865. The first-order valence-corrected chi connectivity index (χ1v) is 6.62. The standard InChI is InChI=1S/C14H21BFNO3/c1-13(2)14(3,4)20-15(19-13)12(17)10-8-9(18-5)6-7-11(10)16/h6-8,12H,17H2,1-5H3/t12-/m1/s1. The maximum atomic E-state index is 13.9. The molecule has 1 aromatic carbocycles. The van der Waals surface area contributed by atoms with E-state index in [0.29, 0.717) is 11.3 Å². The summed E-state index contributed by atoms with van der Waals surface area (Å²) in [6.45, 7) is 7.73. The molecule has 0 saturated carbocycles. The third-order valence-corrected chi connectivity index (χ3v) is 4.13. The molecule has 0 aromatic heterocycles. The van der Waals surface area contributed by atoms with Gasteiger partial charge in [0.15, 0.2) is 0 Å². The molecule has 0 unspecified atom stereocenters. The number of methoxy groups -OCH3 is 1. The maximum Gasteiger partial charge on any atom is 0.480 e. The minimum atomic E-state index is -0.717. The van der Waals surface area contributed by atoms with Crippen molar-refractivity contribution in [1.82, 2.24) is 0 Å². The van der Waals surface area contributed by atoms with Crippen LogP contribution >= 0.6 is 0 Å². The van der Waals surface area contributed by atoms with E-state index in [9.17, 15) is 4.39 Å². The average molecular weight is 281 g/mol. The van der Waals surface area contributed by atoms with Crippen LogP contribution in [0.2, 0.25) is 0 Å². The Labute approximate surface area is 119 Å². The van der Waals surface area contributed by atoms with Gasteiger partial charge in [-0.25, -0.2) is 4.39 Å². The molecule has 1 heterocycles. The lowest BCUT2D eigenvalue weighted by Crippen LogP contribution is -2.41. The third-order valence-electron chi connectivity index (χ3n) is 4.13. The number of benzene rings is 1. The molecule has 2 rings (SSSR count). The number of nitrogens with two attached hydrogens (primary N) is 1. The van der Waals surface area contributed by atoms with Crippen LogP contribution in [-0.4, -0.2) is 25.4 Å². The summed E-state index contributed by atoms with van der Waals surface area (Å²) in [5.41, 5.74) is 5.45. The van der Waals surface area contributed by atoms with Gasteiger partial charge < -0.3 is 19.8 Å². The minimum Gasteiger partial charge on any atom is -0.497 e. The molecule has 6 heteroatoms. The summed E-state index contributed by atoms with van der Waals surface area (Å²) < 4.78 is 30.8. The third kappa shape index (κ3) is 2.55. The van der Waals surface area contributed by atoms with E-state index in [1.165, 1.54) is 13.2 Å². The summed E-state index contributed by atoms with van der Waals surface area (Å²) in [7, 11) is 0.832. The SMILES string of the molecule is COc1ccc(F)c([C@@H](N)B2OC(C)(C)C(C)(C)O2)c1. The molecule has 1 aromatic rings. The van der Waals surface area contributed by atoms with E-state index in [1.54, 1.807) is 12.1 Å².